The fourth-order valence-electron chi connectivity index (χ4n) is 3.83. The molecule has 0 saturated carbocycles. The predicted molar refractivity (Wildman–Crippen MR) is 104 cm³/mol. The van der Waals surface area contributed by atoms with Gasteiger partial charge in [0.05, 0.1) is 10.9 Å². The van der Waals surface area contributed by atoms with Gasteiger partial charge in [-0.3, -0.25) is 9.20 Å². The molecule has 0 amide bonds. The standard InChI is InChI=1S/C22H12N2O2/c25-22-15-9-3-5-11-17(15)23-21-14-8-2-1-7-13(14)20-19(24(21)22)16-10-4-6-12-18(16)26-20/h1-12H. The minimum absolute atomic E-state index is 0.0760. The lowest BCUT2D eigenvalue weighted by molar-refractivity contribution is 0.671. The van der Waals surface area contributed by atoms with Gasteiger partial charge in [-0.25, -0.2) is 4.98 Å². The van der Waals surface area contributed by atoms with E-state index >= 15 is 0 Å². The summed E-state index contributed by atoms with van der Waals surface area (Å²) < 4.78 is 7.85. The molecule has 3 aromatic carbocycles. The molecule has 3 heterocycles. The Morgan fingerprint density at radius 2 is 1.38 bits per heavy atom. The van der Waals surface area contributed by atoms with E-state index < -0.39 is 0 Å². The van der Waals surface area contributed by atoms with Crippen LogP contribution < -0.4 is 5.56 Å². The lowest BCUT2D eigenvalue weighted by Crippen LogP contribution is -2.16. The molecule has 4 nitrogen and oxygen atoms in total. The van der Waals surface area contributed by atoms with Gasteiger partial charge in [-0.1, -0.05) is 48.5 Å². The zero-order valence-electron chi connectivity index (χ0n) is 13.6. The van der Waals surface area contributed by atoms with Crippen LogP contribution in [0.15, 0.2) is 82.0 Å². The number of fused-ring (bicyclic) bond motifs is 9. The molecule has 0 aliphatic rings. The number of pyridine rings is 1. The highest BCUT2D eigenvalue weighted by Crippen LogP contribution is 2.35. The third kappa shape index (κ3) is 1.58. The Morgan fingerprint density at radius 3 is 2.23 bits per heavy atom. The van der Waals surface area contributed by atoms with Gasteiger partial charge < -0.3 is 4.42 Å². The van der Waals surface area contributed by atoms with Gasteiger partial charge in [0.15, 0.2) is 5.58 Å². The van der Waals surface area contributed by atoms with Crippen molar-refractivity contribution >= 4 is 49.4 Å². The van der Waals surface area contributed by atoms with Gasteiger partial charge >= 0.3 is 0 Å². The number of furan rings is 1. The topological polar surface area (TPSA) is 47.5 Å². The number of nitrogens with zero attached hydrogens (tertiary/aromatic N) is 2. The van der Waals surface area contributed by atoms with Crippen LogP contribution in [0.3, 0.4) is 0 Å². The van der Waals surface area contributed by atoms with Crippen LogP contribution in [0.5, 0.6) is 0 Å². The number of para-hydroxylation sites is 2. The Kier molecular flexibility index (Phi) is 2.46. The van der Waals surface area contributed by atoms with Crippen LogP contribution in [0.4, 0.5) is 0 Å². The van der Waals surface area contributed by atoms with E-state index in [4.69, 9.17) is 9.40 Å². The van der Waals surface area contributed by atoms with Gasteiger partial charge in [0.1, 0.15) is 16.7 Å². The summed E-state index contributed by atoms with van der Waals surface area (Å²) in [4.78, 5) is 18.2. The van der Waals surface area contributed by atoms with Crippen molar-refractivity contribution in [3.05, 3.63) is 83.2 Å². The number of aromatic nitrogens is 2. The molecule has 4 heteroatoms. The molecule has 3 aromatic heterocycles. The van der Waals surface area contributed by atoms with E-state index in [9.17, 15) is 4.79 Å². The highest BCUT2D eigenvalue weighted by molar-refractivity contribution is 6.17. The molecular formula is C22H12N2O2. The third-order valence-corrected chi connectivity index (χ3v) is 4.98. The van der Waals surface area contributed by atoms with Gasteiger partial charge in [-0.2, -0.15) is 0 Å². The second-order valence-electron chi connectivity index (χ2n) is 6.41. The summed E-state index contributed by atoms with van der Waals surface area (Å²) in [5.41, 5.74) is 3.54. The van der Waals surface area contributed by atoms with Crippen molar-refractivity contribution in [1.29, 1.82) is 0 Å². The SMILES string of the molecule is O=c1c2ccccc2nc2c3ccccc3c3oc4ccccc4c3n12. The first kappa shape index (κ1) is 13.6. The fourth-order valence-corrected chi connectivity index (χ4v) is 3.83. The lowest BCUT2D eigenvalue weighted by atomic mass is 10.1. The molecule has 0 aliphatic heterocycles. The Morgan fingerprint density at radius 1 is 0.731 bits per heavy atom. The third-order valence-electron chi connectivity index (χ3n) is 4.98. The van der Waals surface area contributed by atoms with Gasteiger partial charge in [0.25, 0.3) is 5.56 Å². The van der Waals surface area contributed by atoms with Crippen LogP contribution in [0.25, 0.3) is 49.4 Å². The van der Waals surface area contributed by atoms with Crippen molar-refractivity contribution in [1.82, 2.24) is 9.38 Å². The monoisotopic (exact) mass is 336 g/mol. The fraction of sp³-hybridized carbons (Fsp3) is 0. The van der Waals surface area contributed by atoms with Crippen LogP contribution in [-0.2, 0) is 0 Å². The second kappa shape index (κ2) is 4.70. The molecule has 26 heavy (non-hydrogen) atoms. The van der Waals surface area contributed by atoms with Crippen LogP contribution in [0.2, 0.25) is 0 Å². The average molecular weight is 336 g/mol. The summed E-state index contributed by atoms with van der Waals surface area (Å²) >= 11 is 0. The van der Waals surface area contributed by atoms with Crippen LogP contribution in [0, 0.1) is 0 Å². The first-order chi connectivity index (χ1) is 12.8. The Balaban J connectivity index is 2.09. The minimum Gasteiger partial charge on any atom is -0.454 e. The lowest BCUT2D eigenvalue weighted by Gasteiger charge is -2.08. The van der Waals surface area contributed by atoms with Crippen molar-refractivity contribution < 1.29 is 4.42 Å². The molecular weight excluding hydrogens is 324 g/mol. The molecule has 0 atom stereocenters. The molecule has 6 aromatic rings. The molecule has 0 saturated heterocycles. The zero-order valence-corrected chi connectivity index (χ0v) is 13.6. The maximum absolute atomic E-state index is 13.4. The van der Waals surface area contributed by atoms with Crippen molar-refractivity contribution in [3.63, 3.8) is 0 Å². The first-order valence-electron chi connectivity index (χ1n) is 8.46. The zero-order chi connectivity index (χ0) is 17.3. The van der Waals surface area contributed by atoms with Crippen molar-refractivity contribution in [2.24, 2.45) is 0 Å². The molecule has 0 spiro atoms. The molecule has 0 radical (unpaired) electrons. The average Bonchev–Trinajstić information content (AvgIpc) is 3.08. The van der Waals surface area contributed by atoms with Crippen LogP contribution >= 0.6 is 0 Å². The molecule has 0 fully saturated rings. The maximum atomic E-state index is 13.4. The van der Waals surface area contributed by atoms with Crippen molar-refractivity contribution in [3.8, 4) is 0 Å². The highest BCUT2D eigenvalue weighted by atomic mass is 16.3. The molecule has 0 unspecified atom stereocenters. The minimum atomic E-state index is -0.0760. The highest BCUT2D eigenvalue weighted by Gasteiger charge is 2.18. The van der Waals surface area contributed by atoms with Crippen molar-refractivity contribution in [2.75, 3.05) is 0 Å². The largest absolute Gasteiger partial charge is 0.454 e. The van der Waals surface area contributed by atoms with E-state index in [2.05, 4.69) is 0 Å². The quantitative estimate of drug-likeness (QED) is 0.293. The van der Waals surface area contributed by atoms with E-state index in [1.807, 2.05) is 72.8 Å². The summed E-state index contributed by atoms with van der Waals surface area (Å²) in [6.07, 6.45) is 0. The van der Waals surface area contributed by atoms with Gasteiger partial charge in [-0.15, -0.1) is 0 Å². The Bertz CT molecular complexity index is 1560. The number of hydrogen-bond acceptors (Lipinski definition) is 3. The van der Waals surface area contributed by atoms with E-state index in [1.54, 1.807) is 4.40 Å². The summed E-state index contributed by atoms with van der Waals surface area (Å²) in [5.74, 6) is 0. The first-order valence-corrected chi connectivity index (χ1v) is 8.46. The number of rotatable bonds is 0. The summed E-state index contributed by atoms with van der Waals surface area (Å²) in [6.45, 7) is 0. The summed E-state index contributed by atoms with van der Waals surface area (Å²) in [7, 11) is 0. The Hall–Kier alpha value is -3.66. The second-order valence-corrected chi connectivity index (χ2v) is 6.41. The smallest absolute Gasteiger partial charge is 0.266 e. The Labute approximate surface area is 146 Å². The summed E-state index contributed by atoms with van der Waals surface area (Å²) in [5, 5.41) is 3.38. The maximum Gasteiger partial charge on any atom is 0.266 e. The molecule has 6 rings (SSSR count). The summed E-state index contributed by atoms with van der Waals surface area (Å²) in [6, 6.07) is 23.2. The van der Waals surface area contributed by atoms with E-state index in [0.29, 0.717) is 22.1 Å². The predicted octanol–water partition coefficient (Wildman–Crippen LogP) is 4.90. The van der Waals surface area contributed by atoms with Crippen molar-refractivity contribution in [2.45, 2.75) is 0 Å². The van der Waals surface area contributed by atoms with Gasteiger partial charge in [0, 0.05) is 16.2 Å². The number of hydrogen-bond donors (Lipinski definition) is 0. The normalized spacial score (nSPS) is 12.0. The van der Waals surface area contributed by atoms with E-state index in [-0.39, 0.29) is 5.56 Å². The molecule has 0 bridgehead atoms. The van der Waals surface area contributed by atoms with E-state index in [0.717, 1.165) is 27.3 Å². The number of benzene rings is 3. The van der Waals surface area contributed by atoms with Crippen LogP contribution in [0.1, 0.15) is 0 Å². The molecule has 0 N–H and O–H groups in total. The van der Waals surface area contributed by atoms with Gasteiger partial charge in [-0.05, 0) is 24.3 Å². The molecule has 0 aliphatic carbocycles. The van der Waals surface area contributed by atoms with Crippen LogP contribution in [-0.4, -0.2) is 9.38 Å². The van der Waals surface area contributed by atoms with Gasteiger partial charge in [0.2, 0.25) is 0 Å². The van der Waals surface area contributed by atoms with E-state index in [1.165, 1.54) is 0 Å². The molecule has 122 valence electrons.